The highest BCUT2D eigenvalue weighted by Gasteiger charge is 2.41. The van der Waals surface area contributed by atoms with Gasteiger partial charge in [-0.3, -0.25) is 9.59 Å². The van der Waals surface area contributed by atoms with Crippen molar-refractivity contribution in [1.29, 1.82) is 0 Å². The van der Waals surface area contributed by atoms with Crippen molar-refractivity contribution < 1.29 is 9.59 Å². The Morgan fingerprint density at radius 1 is 0.828 bits per heavy atom. The Morgan fingerprint density at radius 3 is 1.90 bits per heavy atom. The molecular weight excluding hydrogens is 360 g/mol. The number of amides is 2. The summed E-state index contributed by atoms with van der Waals surface area (Å²) in [5, 5.41) is 2.97. The summed E-state index contributed by atoms with van der Waals surface area (Å²) in [4.78, 5) is 28.5. The number of benzene rings is 3. The minimum absolute atomic E-state index is 0.165. The standard InChI is InChI=1S/C25H26N2O2/c1-3-25(2,24(29)26-22-17-11-6-12-18-22)27(19-20-13-7-4-8-14-20)23(28)21-15-9-5-10-16-21/h4-18H,3,19H2,1-2H3,(H,26,29)/t25-/m1/s1. The predicted octanol–water partition coefficient (Wildman–Crippen LogP) is 5.14. The Labute approximate surface area is 172 Å². The zero-order valence-electron chi connectivity index (χ0n) is 16.8. The molecule has 2 amide bonds. The molecule has 0 saturated heterocycles. The maximum atomic E-state index is 13.5. The molecule has 4 nitrogen and oxygen atoms in total. The molecule has 0 bridgehead atoms. The SMILES string of the molecule is CC[C@](C)(C(=O)Nc1ccccc1)N(Cc1ccccc1)C(=O)c1ccccc1. The number of anilines is 1. The van der Waals surface area contributed by atoms with Crippen molar-refractivity contribution in [2.24, 2.45) is 0 Å². The van der Waals surface area contributed by atoms with Crippen LogP contribution in [0.3, 0.4) is 0 Å². The molecule has 3 rings (SSSR count). The van der Waals surface area contributed by atoms with Gasteiger partial charge >= 0.3 is 0 Å². The third-order valence-electron chi connectivity index (χ3n) is 5.25. The third-order valence-corrected chi connectivity index (χ3v) is 5.25. The number of carbonyl (C=O) groups is 2. The summed E-state index contributed by atoms with van der Waals surface area (Å²) < 4.78 is 0. The van der Waals surface area contributed by atoms with E-state index < -0.39 is 5.54 Å². The average Bonchev–Trinajstić information content (AvgIpc) is 2.78. The van der Waals surface area contributed by atoms with Gasteiger partial charge in [-0.15, -0.1) is 0 Å². The second-order valence-corrected chi connectivity index (χ2v) is 7.19. The minimum atomic E-state index is -1.02. The number of para-hydroxylation sites is 1. The molecule has 0 aliphatic carbocycles. The maximum absolute atomic E-state index is 13.5. The lowest BCUT2D eigenvalue weighted by Crippen LogP contribution is -2.56. The van der Waals surface area contributed by atoms with E-state index in [1.54, 1.807) is 17.0 Å². The summed E-state index contributed by atoms with van der Waals surface area (Å²) in [7, 11) is 0. The zero-order chi connectivity index (χ0) is 20.7. The highest BCUT2D eigenvalue weighted by molar-refractivity contribution is 6.03. The van der Waals surface area contributed by atoms with Crippen LogP contribution in [0.1, 0.15) is 36.2 Å². The van der Waals surface area contributed by atoms with Crippen LogP contribution in [0.2, 0.25) is 0 Å². The molecule has 0 fully saturated rings. The lowest BCUT2D eigenvalue weighted by Gasteiger charge is -2.39. The van der Waals surface area contributed by atoms with E-state index in [9.17, 15) is 9.59 Å². The molecule has 3 aromatic carbocycles. The van der Waals surface area contributed by atoms with Gasteiger partial charge in [0.25, 0.3) is 5.91 Å². The van der Waals surface area contributed by atoms with Crippen LogP contribution in [0.4, 0.5) is 5.69 Å². The van der Waals surface area contributed by atoms with Crippen LogP contribution in [-0.4, -0.2) is 22.3 Å². The molecule has 0 spiro atoms. The van der Waals surface area contributed by atoms with E-state index in [4.69, 9.17) is 0 Å². The third kappa shape index (κ3) is 4.72. The summed E-state index contributed by atoms with van der Waals surface area (Å²) in [5.41, 5.74) is 1.24. The van der Waals surface area contributed by atoms with Gasteiger partial charge in [0, 0.05) is 17.8 Å². The quantitative estimate of drug-likeness (QED) is 0.611. The van der Waals surface area contributed by atoms with E-state index in [2.05, 4.69) is 5.32 Å². The van der Waals surface area contributed by atoms with Crippen LogP contribution in [0.5, 0.6) is 0 Å². The first-order valence-electron chi connectivity index (χ1n) is 9.82. The van der Waals surface area contributed by atoms with Gasteiger partial charge in [-0.2, -0.15) is 0 Å². The molecule has 0 unspecified atom stereocenters. The molecule has 29 heavy (non-hydrogen) atoms. The second-order valence-electron chi connectivity index (χ2n) is 7.19. The van der Waals surface area contributed by atoms with Gasteiger partial charge in [-0.05, 0) is 43.2 Å². The summed E-state index contributed by atoms with van der Waals surface area (Å²) in [6.45, 7) is 4.11. The fraction of sp³-hybridized carbons (Fsp3) is 0.200. The highest BCUT2D eigenvalue weighted by Crippen LogP contribution is 2.27. The number of nitrogens with one attached hydrogen (secondary N) is 1. The van der Waals surface area contributed by atoms with Crippen LogP contribution >= 0.6 is 0 Å². The molecule has 0 heterocycles. The molecule has 3 aromatic rings. The number of carbonyl (C=O) groups excluding carboxylic acids is 2. The van der Waals surface area contributed by atoms with E-state index in [0.29, 0.717) is 24.2 Å². The first kappa shape index (κ1) is 20.3. The predicted molar refractivity (Wildman–Crippen MR) is 117 cm³/mol. The first-order chi connectivity index (χ1) is 14.0. The fourth-order valence-corrected chi connectivity index (χ4v) is 3.23. The largest absolute Gasteiger partial charge is 0.324 e. The molecular formula is C25H26N2O2. The normalized spacial score (nSPS) is 12.6. The van der Waals surface area contributed by atoms with Crippen LogP contribution in [-0.2, 0) is 11.3 Å². The summed E-state index contributed by atoms with van der Waals surface area (Å²) >= 11 is 0. The van der Waals surface area contributed by atoms with Crippen molar-refractivity contribution in [1.82, 2.24) is 4.90 Å². The lowest BCUT2D eigenvalue weighted by atomic mass is 9.92. The molecule has 1 atom stereocenters. The first-order valence-corrected chi connectivity index (χ1v) is 9.82. The fourth-order valence-electron chi connectivity index (χ4n) is 3.23. The maximum Gasteiger partial charge on any atom is 0.255 e. The Hall–Kier alpha value is -3.40. The number of hydrogen-bond acceptors (Lipinski definition) is 2. The average molecular weight is 386 g/mol. The summed E-state index contributed by atoms with van der Waals surface area (Å²) in [5.74, 6) is -0.367. The van der Waals surface area contributed by atoms with Gasteiger partial charge < -0.3 is 10.2 Å². The Morgan fingerprint density at radius 2 is 1.34 bits per heavy atom. The number of rotatable bonds is 7. The Kier molecular flexibility index (Phi) is 6.45. The molecule has 0 aliphatic heterocycles. The van der Waals surface area contributed by atoms with E-state index in [0.717, 1.165) is 5.56 Å². The van der Waals surface area contributed by atoms with Gasteiger partial charge in [-0.25, -0.2) is 0 Å². The van der Waals surface area contributed by atoms with Crippen LogP contribution in [0.15, 0.2) is 91.0 Å². The van der Waals surface area contributed by atoms with Gasteiger partial charge in [0.15, 0.2) is 0 Å². The molecule has 1 N–H and O–H groups in total. The lowest BCUT2D eigenvalue weighted by molar-refractivity contribution is -0.126. The van der Waals surface area contributed by atoms with Gasteiger partial charge in [0.1, 0.15) is 5.54 Å². The van der Waals surface area contributed by atoms with Crippen molar-refractivity contribution >= 4 is 17.5 Å². The number of nitrogens with zero attached hydrogens (tertiary/aromatic N) is 1. The minimum Gasteiger partial charge on any atom is -0.324 e. The number of hydrogen-bond donors (Lipinski definition) is 1. The summed E-state index contributed by atoms with van der Waals surface area (Å²) in [6, 6.07) is 28.2. The van der Waals surface area contributed by atoms with Crippen molar-refractivity contribution in [3.63, 3.8) is 0 Å². The van der Waals surface area contributed by atoms with E-state index in [1.165, 1.54) is 0 Å². The van der Waals surface area contributed by atoms with Crippen molar-refractivity contribution in [2.45, 2.75) is 32.4 Å². The van der Waals surface area contributed by atoms with Crippen LogP contribution in [0, 0.1) is 0 Å². The van der Waals surface area contributed by atoms with Gasteiger partial charge in [0.05, 0.1) is 0 Å². The molecule has 4 heteroatoms. The van der Waals surface area contributed by atoms with Crippen LogP contribution in [0.25, 0.3) is 0 Å². The van der Waals surface area contributed by atoms with E-state index >= 15 is 0 Å². The molecule has 148 valence electrons. The molecule has 0 aromatic heterocycles. The van der Waals surface area contributed by atoms with Crippen molar-refractivity contribution in [2.75, 3.05) is 5.32 Å². The van der Waals surface area contributed by atoms with E-state index in [-0.39, 0.29) is 11.8 Å². The van der Waals surface area contributed by atoms with Crippen molar-refractivity contribution in [3.05, 3.63) is 102 Å². The second kappa shape index (κ2) is 9.20. The smallest absolute Gasteiger partial charge is 0.255 e. The monoisotopic (exact) mass is 386 g/mol. The highest BCUT2D eigenvalue weighted by atomic mass is 16.2. The van der Waals surface area contributed by atoms with Gasteiger partial charge in [-0.1, -0.05) is 73.7 Å². The molecule has 0 saturated carbocycles. The Bertz CT molecular complexity index is 942. The summed E-state index contributed by atoms with van der Waals surface area (Å²) in [6.07, 6.45) is 0.483. The van der Waals surface area contributed by atoms with Gasteiger partial charge in [0.2, 0.25) is 5.91 Å². The zero-order valence-corrected chi connectivity index (χ0v) is 16.8. The Balaban J connectivity index is 1.97. The molecule has 0 radical (unpaired) electrons. The van der Waals surface area contributed by atoms with Crippen molar-refractivity contribution in [3.8, 4) is 0 Å². The molecule has 0 aliphatic rings. The van der Waals surface area contributed by atoms with E-state index in [1.807, 2.05) is 92.7 Å². The topological polar surface area (TPSA) is 49.4 Å². The van der Waals surface area contributed by atoms with Crippen LogP contribution < -0.4 is 5.32 Å².